The summed E-state index contributed by atoms with van der Waals surface area (Å²) >= 11 is 0. The van der Waals surface area contributed by atoms with Crippen molar-refractivity contribution in [2.45, 2.75) is 110 Å². The number of carbonyl (C=O) groups excluding carboxylic acids is 1. The molecule has 0 saturated carbocycles. The van der Waals surface area contributed by atoms with Crippen molar-refractivity contribution in [1.82, 2.24) is 9.80 Å². The maximum Gasteiger partial charge on any atom is 0.254 e. The molecule has 1 N–H and O–H groups in total. The molecule has 0 aromatic rings. The Kier molecular flexibility index (Phi) is 8.72. The van der Waals surface area contributed by atoms with Crippen molar-refractivity contribution in [3.8, 4) is 0 Å². The normalized spacial score (nSPS) is 24.2. The minimum Gasteiger partial charge on any atom is -0.381 e. The number of piperazine rings is 1. The summed E-state index contributed by atoms with van der Waals surface area (Å²) < 4.78 is 0. The highest BCUT2D eigenvalue weighted by Crippen LogP contribution is 2.25. The maximum atomic E-state index is 12.4. The van der Waals surface area contributed by atoms with Gasteiger partial charge in [0.25, 0.3) is 5.91 Å². The van der Waals surface area contributed by atoms with E-state index >= 15 is 0 Å². The topological polar surface area (TPSA) is 43.8 Å². The fourth-order valence-electron chi connectivity index (χ4n) is 4.16. The smallest absolute Gasteiger partial charge is 0.254 e. The Hall–Kier alpha value is -0.610. The van der Waals surface area contributed by atoms with E-state index in [9.17, 15) is 9.90 Å². The quantitative estimate of drug-likeness (QED) is 0.649. The molecule has 0 aromatic carbocycles. The lowest BCUT2D eigenvalue weighted by Crippen LogP contribution is -2.63. The van der Waals surface area contributed by atoms with Gasteiger partial charge in [-0.3, -0.25) is 9.69 Å². The molecule has 1 amide bonds. The lowest BCUT2D eigenvalue weighted by atomic mass is 9.96. The summed E-state index contributed by atoms with van der Waals surface area (Å²) in [4.78, 5) is 16.9. The Bertz CT molecular complexity index is 366. The maximum absolute atomic E-state index is 12.4. The number of carbonyl (C=O) groups is 1. The minimum absolute atomic E-state index is 0.145. The van der Waals surface area contributed by atoms with Crippen molar-refractivity contribution in [3.63, 3.8) is 0 Å². The largest absolute Gasteiger partial charge is 0.381 e. The van der Waals surface area contributed by atoms with E-state index < -0.39 is 5.60 Å². The fourth-order valence-corrected chi connectivity index (χ4v) is 4.16. The molecule has 3 atom stereocenters. The SMILES string of the molecule is CCCCCCCC(CC)N1[C@H](C)CN(C(=O)C(C)(C)O)C[C@@H]1C. The summed E-state index contributed by atoms with van der Waals surface area (Å²) in [5.74, 6) is -0.145. The van der Waals surface area contributed by atoms with Crippen molar-refractivity contribution in [2.75, 3.05) is 13.1 Å². The molecule has 0 bridgehead atoms. The van der Waals surface area contributed by atoms with Gasteiger partial charge in [-0.15, -0.1) is 0 Å². The molecule has 0 radical (unpaired) electrons. The van der Waals surface area contributed by atoms with Crippen LogP contribution in [-0.4, -0.2) is 57.6 Å². The zero-order chi connectivity index (χ0) is 18.3. The number of rotatable bonds is 9. The van der Waals surface area contributed by atoms with E-state index in [0.717, 1.165) is 13.1 Å². The molecule has 1 rings (SSSR count). The van der Waals surface area contributed by atoms with E-state index in [4.69, 9.17) is 0 Å². The summed E-state index contributed by atoms with van der Waals surface area (Å²) in [5, 5.41) is 10.0. The van der Waals surface area contributed by atoms with Crippen LogP contribution in [0.2, 0.25) is 0 Å². The van der Waals surface area contributed by atoms with E-state index in [1.54, 1.807) is 13.8 Å². The van der Waals surface area contributed by atoms with Crippen LogP contribution >= 0.6 is 0 Å². The Morgan fingerprint density at radius 2 is 1.62 bits per heavy atom. The number of amides is 1. The standard InChI is InChI=1S/C20H40N2O2/c1-7-9-10-11-12-13-18(8-2)22-16(3)14-21(15-17(22)4)19(23)20(5,6)24/h16-18,24H,7-15H2,1-6H3/t16-,17+,18?. The summed E-state index contributed by atoms with van der Waals surface area (Å²) in [7, 11) is 0. The average molecular weight is 341 g/mol. The zero-order valence-electron chi connectivity index (χ0n) is 16.8. The van der Waals surface area contributed by atoms with Gasteiger partial charge in [0.05, 0.1) is 0 Å². The van der Waals surface area contributed by atoms with E-state index in [1.807, 2.05) is 4.90 Å². The summed E-state index contributed by atoms with van der Waals surface area (Å²) in [5.41, 5.74) is -1.27. The molecular weight excluding hydrogens is 300 g/mol. The van der Waals surface area contributed by atoms with Gasteiger partial charge >= 0.3 is 0 Å². The van der Waals surface area contributed by atoms with Crippen LogP contribution in [0.5, 0.6) is 0 Å². The van der Waals surface area contributed by atoms with Gasteiger partial charge in [0.15, 0.2) is 0 Å². The molecule has 0 aromatic heterocycles. The molecule has 0 aliphatic carbocycles. The van der Waals surface area contributed by atoms with Crippen LogP contribution in [0.15, 0.2) is 0 Å². The average Bonchev–Trinajstić information content (AvgIpc) is 2.50. The second-order valence-electron chi connectivity index (χ2n) is 8.18. The highest BCUT2D eigenvalue weighted by molar-refractivity contribution is 5.84. The lowest BCUT2D eigenvalue weighted by molar-refractivity contribution is -0.153. The van der Waals surface area contributed by atoms with Gasteiger partial charge in [0, 0.05) is 31.2 Å². The third-order valence-electron chi connectivity index (χ3n) is 5.33. The molecule has 1 heterocycles. The Labute approximate surface area is 149 Å². The number of aliphatic hydroxyl groups is 1. The summed E-state index contributed by atoms with van der Waals surface area (Å²) in [6, 6.07) is 1.30. The molecule has 24 heavy (non-hydrogen) atoms. The van der Waals surface area contributed by atoms with Gasteiger partial charge in [0.1, 0.15) is 5.60 Å². The number of nitrogens with zero attached hydrogens (tertiary/aromatic N) is 2. The van der Waals surface area contributed by atoms with Crippen molar-refractivity contribution in [3.05, 3.63) is 0 Å². The van der Waals surface area contributed by atoms with Gasteiger partial charge in [-0.1, -0.05) is 46.0 Å². The van der Waals surface area contributed by atoms with Crippen LogP contribution in [0.1, 0.15) is 86.5 Å². The third kappa shape index (κ3) is 6.03. The number of unbranched alkanes of at least 4 members (excludes halogenated alkanes) is 4. The van der Waals surface area contributed by atoms with E-state index in [0.29, 0.717) is 18.1 Å². The minimum atomic E-state index is -1.27. The Morgan fingerprint density at radius 1 is 1.08 bits per heavy atom. The van der Waals surface area contributed by atoms with E-state index in [-0.39, 0.29) is 5.91 Å². The zero-order valence-corrected chi connectivity index (χ0v) is 16.8. The van der Waals surface area contributed by atoms with E-state index in [1.165, 1.54) is 44.9 Å². The first-order valence-electron chi connectivity index (χ1n) is 10.0. The number of hydrogen-bond acceptors (Lipinski definition) is 3. The second kappa shape index (κ2) is 9.76. The van der Waals surface area contributed by atoms with Gasteiger partial charge < -0.3 is 10.0 Å². The van der Waals surface area contributed by atoms with Crippen LogP contribution in [0, 0.1) is 0 Å². The molecule has 142 valence electrons. The predicted octanol–water partition coefficient (Wildman–Crippen LogP) is 3.82. The molecule has 1 fully saturated rings. The van der Waals surface area contributed by atoms with Crippen LogP contribution in [0.4, 0.5) is 0 Å². The Balaban J connectivity index is 2.60. The van der Waals surface area contributed by atoms with Crippen molar-refractivity contribution in [1.29, 1.82) is 0 Å². The van der Waals surface area contributed by atoms with Crippen LogP contribution in [0.3, 0.4) is 0 Å². The first-order valence-corrected chi connectivity index (χ1v) is 10.0. The highest BCUT2D eigenvalue weighted by Gasteiger charge is 2.38. The van der Waals surface area contributed by atoms with Crippen molar-refractivity contribution >= 4 is 5.91 Å². The summed E-state index contributed by atoms with van der Waals surface area (Å²) in [6.07, 6.45) is 9.07. The number of hydrogen-bond donors (Lipinski definition) is 1. The van der Waals surface area contributed by atoms with Crippen molar-refractivity contribution in [2.24, 2.45) is 0 Å². The molecule has 1 unspecified atom stereocenters. The van der Waals surface area contributed by atoms with Gasteiger partial charge in [0.2, 0.25) is 0 Å². The second-order valence-corrected chi connectivity index (χ2v) is 8.18. The predicted molar refractivity (Wildman–Crippen MR) is 101 cm³/mol. The van der Waals surface area contributed by atoms with Crippen LogP contribution in [0.25, 0.3) is 0 Å². The Morgan fingerprint density at radius 3 is 2.08 bits per heavy atom. The monoisotopic (exact) mass is 340 g/mol. The first-order chi connectivity index (χ1) is 11.2. The molecule has 4 nitrogen and oxygen atoms in total. The molecular formula is C20H40N2O2. The van der Waals surface area contributed by atoms with Crippen LogP contribution in [-0.2, 0) is 4.79 Å². The molecule has 1 saturated heterocycles. The molecule has 0 spiro atoms. The fraction of sp³-hybridized carbons (Fsp3) is 0.950. The molecule has 1 aliphatic heterocycles. The van der Waals surface area contributed by atoms with Gasteiger partial charge in [-0.2, -0.15) is 0 Å². The van der Waals surface area contributed by atoms with Crippen LogP contribution < -0.4 is 0 Å². The first kappa shape index (κ1) is 21.4. The third-order valence-corrected chi connectivity index (χ3v) is 5.33. The molecule has 1 aliphatic rings. The molecule has 4 heteroatoms. The van der Waals surface area contributed by atoms with Gasteiger partial charge in [-0.05, 0) is 40.5 Å². The van der Waals surface area contributed by atoms with Gasteiger partial charge in [-0.25, -0.2) is 0 Å². The summed E-state index contributed by atoms with van der Waals surface area (Å²) in [6.45, 7) is 13.6. The van der Waals surface area contributed by atoms with E-state index in [2.05, 4.69) is 32.6 Å². The lowest BCUT2D eigenvalue weighted by Gasteiger charge is -2.49. The highest BCUT2D eigenvalue weighted by atomic mass is 16.3. The van der Waals surface area contributed by atoms with Crippen molar-refractivity contribution < 1.29 is 9.90 Å².